The molecule has 0 aromatic carbocycles. The summed E-state index contributed by atoms with van der Waals surface area (Å²) in [5, 5.41) is 6.92. The van der Waals surface area contributed by atoms with Crippen LogP contribution in [-0.4, -0.2) is 67.2 Å². The molecule has 0 saturated carbocycles. The Morgan fingerprint density at radius 3 is 2.79 bits per heavy atom. The summed E-state index contributed by atoms with van der Waals surface area (Å²) in [6.07, 6.45) is 5.19. The molecule has 1 aromatic heterocycles. The van der Waals surface area contributed by atoms with E-state index in [0.717, 1.165) is 38.6 Å². The molecule has 0 radical (unpaired) electrons. The first-order chi connectivity index (χ1) is 13.6. The number of anilines is 1. The van der Waals surface area contributed by atoms with Crippen LogP contribution in [0.25, 0.3) is 0 Å². The molecule has 2 atom stereocenters. The van der Waals surface area contributed by atoms with Crippen LogP contribution in [0.3, 0.4) is 0 Å². The van der Waals surface area contributed by atoms with E-state index < -0.39 is 0 Å². The summed E-state index contributed by atoms with van der Waals surface area (Å²) in [5.74, 6) is 1.64. The zero-order chi connectivity index (χ0) is 19.9. The second-order valence-corrected chi connectivity index (χ2v) is 8.16. The zero-order valence-electron chi connectivity index (χ0n) is 17.5. The molecule has 156 valence electrons. The average molecular weight is 391 g/mol. The summed E-state index contributed by atoms with van der Waals surface area (Å²) >= 11 is 0. The van der Waals surface area contributed by atoms with Gasteiger partial charge in [0.2, 0.25) is 0 Å². The van der Waals surface area contributed by atoms with Crippen molar-refractivity contribution in [3.05, 3.63) is 24.1 Å². The van der Waals surface area contributed by atoms with E-state index >= 15 is 0 Å². The number of aliphatic imine (C=N–C) groups is 1. The standard InChI is InChI=1S/C21H35FN6/c1-4-23-21(25-14-19(16(2)3)27-11-5-6-12-27)26-17-9-13-28(15-17)20-18(22)8-7-10-24-20/h7-8,10,16-17,19H,4-6,9,11-15H2,1-3H3,(H2,23,25,26). The predicted molar refractivity (Wildman–Crippen MR) is 113 cm³/mol. The molecule has 1 aromatic rings. The van der Waals surface area contributed by atoms with E-state index in [4.69, 9.17) is 4.99 Å². The van der Waals surface area contributed by atoms with Crippen LogP contribution in [0.4, 0.5) is 10.2 Å². The van der Waals surface area contributed by atoms with Crippen LogP contribution in [0.1, 0.15) is 40.0 Å². The van der Waals surface area contributed by atoms with Gasteiger partial charge in [-0.2, -0.15) is 0 Å². The van der Waals surface area contributed by atoms with Gasteiger partial charge in [-0.3, -0.25) is 9.89 Å². The minimum absolute atomic E-state index is 0.239. The van der Waals surface area contributed by atoms with E-state index in [0.29, 0.717) is 17.8 Å². The highest BCUT2D eigenvalue weighted by atomic mass is 19.1. The molecular weight excluding hydrogens is 355 g/mol. The van der Waals surface area contributed by atoms with Crippen molar-refractivity contribution in [1.29, 1.82) is 0 Å². The van der Waals surface area contributed by atoms with Gasteiger partial charge in [0.15, 0.2) is 17.6 Å². The third kappa shape index (κ3) is 5.34. The molecule has 28 heavy (non-hydrogen) atoms. The largest absolute Gasteiger partial charge is 0.357 e. The summed E-state index contributed by atoms with van der Waals surface area (Å²) in [6.45, 7) is 12.2. The molecule has 7 heteroatoms. The molecule has 6 nitrogen and oxygen atoms in total. The van der Waals surface area contributed by atoms with Gasteiger partial charge >= 0.3 is 0 Å². The van der Waals surface area contributed by atoms with Crippen molar-refractivity contribution in [3.8, 4) is 0 Å². The topological polar surface area (TPSA) is 55.8 Å². The number of hydrogen-bond donors (Lipinski definition) is 2. The van der Waals surface area contributed by atoms with Gasteiger partial charge in [0.05, 0.1) is 6.54 Å². The van der Waals surface area contributed by atoms with E-state index in [2.05, 4.69) is 41.3 Å². The molecule has 0 amide bonds. The lowest BCUT2D eigenvalue weighted by Gasteiger charge is -2.30. The molecule has 3 heterocycles. The quantitative estimate of drug-likeness (QED) is 0.553. The van der Waals surface area contributed by atoms with E-state index in [9.17, 15) is 4.39 Å². The highest BCUT2D eigenvalue weighted by Crippen LogP contribution is 2.21. The molecule has 2 aliphatic rings. The fourth-order valence-corrected chi connectivity index (χ4v) is 4.20. The molecule has 2 unspecified atom stereocenters. The fourth-order valence-electron chi connectivity index (χ4n) is 4.20. The van der Waals surface area contributed by atoms with Crippen LogP contribution in [0.2, 0.25) is 0 Å². The molecule has 2 fully saturated rings. The number of aromatic nitrogens is 1. The number of pyridine rings is 1. The molecule has 0 bridgehead atoms. The van der Waals surface area contributed by atoms with Crippen LogP contribution in [0, 0.1) is 11.7 Å². The van der Waals surface area contributed by atoms with Crippen molar-refractivity contribution < 1.29 is 4.39 Å². The monoisotopic (exact) mass is 390 g/mol. The highest BCUT2D eigenvalue weighted by Gasteiger charge is 2.27. The Morgan fingerprint density at radius 2 is 2.11 bits per heavy atom. The number of guanidine groups is 1. The summed E-state index contributed by atoms with van der Waals surface area (Å²) < 4.78 is 14.0. The molecular formula is C21H35FN6. The van der Waals surface area contributed by atoms with Crippen molar-refractivity contribution in [3.63, 3.8) is 0 Å². The maximum Gasteiger partial charge on any atom is 0.191 e. The van der Waals surface area contributed by atoms with Crippen molar-refractivity contribution in [2.75, 3.05) is 44.2 Å². The summed E-state index contributed by atoms with van der Waals surface area (Å²) in [5.41, 5.74) is 0. The number of rotatable bonds is 7. The minimum atomic E-state index is -0.255. The van der Waals surface area contributed by atoms with Crippen molar-refractivity contribution in [2.45, 2.75) is 52.1 Å². The number of halogens is 1. The Kier molecular flexibility index (Phi) is 7.48. The smallest absolute Gasteiger partial charge is 0.191 e. The third-order valence-corrected chi connectivity index (χ3v) is 5.73. The Morgan fingerprint density at radius 1 is 1.32 bits per heavy atom. The molecule has 0 spiro atoms. The lowest BCUT2D eigenvalue weighted by atomic mass is 10.0. The van der Waals surface area contributed by atoms with Crippen molar-refractivity contribution in [1.82, 2.24) is 20.5 Å². The zero-order valence-corrected chi connectivity index (χ0v) is 17.5. The van der Waals surface area contributed by atoms with Crippen LogP contribution in [0.15, 0.2) is 23.3 Å². The first kappa shape index (κ1) is 20.8. The number of likely N-dealkylation sites (tertiary alicyclic amines) is 1. The second-order valence-electron chi connectivity index (χ2n) is 8.16. The number of nitrogens with zero attached hydrogens (tertiary/aromatic N) is 4. The lowest BCUT2D eigenvalue weighted by molar-refractivity contribution is 0.197. The Bertz CT molecular complexity index is 644. The maximum atomic E-state index is 14.0. The number of nitrogens with one attached hydrogen (secondary N) is 2. The van der Waals surface area contributed by atoms with E-state index in [-0.39, 0.29) is 11.9 Å². The van der Waals surface area contributed by atoms with Crippen LogP contribution in [0.5, 0.6) is 0 Å². The Balaban J connectivity index is 1.59. The van der Waals surface area contributed by atoms with Crippen LogP contribution < -0.4 is 15.5 Å². The average Bonchev–Trinajstić information content (AvgIpc) is 3.34. The van der Waals surface area contributed by atoms with Crippen molar-refractivity contribution in [2.24, 2.45) is 10.9 Å². The SMILES string of the molecule is CCNC(=NCC(C(C)C)N1CCCC1)NC1CCN(c2ncccc2F)C1. The van der Waals surface area contributed by atoms with Gasteiger partial charge in [-0.25, -0.2) is 9.37 Å². The normalized spacial score (nSPS) is 22.1. The second kappa shape index (κ2) is 10.0. The molecule has 2 N–H and O–H groups in total. The van der Waals surface area contributed by atoms with Gasteiger partial charge in [0.25, 0.3) is 0 Å². The van der Waals surface area contributed by atoms with Gasteiger partial charge in [-0.1, -0.05) is 13.8 Å². The maximum absolute atomic E-state index is 14.0. The lowest BCUT2D eigenvalue weighted by Crippen LogP contribution is -2.46. The molecule has 0 aliphatic carbocycles. The number of hydrogen-bond acceptors (Lipinski definition) is 4. The van der Waals surface area contributed by atoms with E-state index in [1.165, 1.54) is 32.0 Å². The minimum Gasteiger partial charge on any atom is -0.357 e. The van der Waals surface area contributed by atoms with Gasteiger partial charge in [-0.05, 0) is 57.3 Å². The molecule has 3 rings (SSSR count). The van der Waals surface area contributed by atoms with Crippen LogP contribution in [-0.2, 0) is 0 Å². The Hall–Kier alpha value is -1.89. The molecule has 2 aliphatic heterocycles. The van der Waals surface area contributed by atoms with Crippen molar-refractivity contribution >= 4 is 11.8 Å². The van der Waals surface area contributed by atoms with E-state index in [1.807, 2.05) is 4.90 Å². The molecule has 2 saturated heterocycles. The van der Waals surface area contributed by atoms with Gasteiger partial charge in [-0.15, -0.1) is 0 Å². The first-order valence-electron chi connectivity index (χ1n) is 10.7. The fraction of sp³-hybridized carbons (Fsp3) is 0.714. The van der Waals surface area contributed by atoms with E-state index in [1.54, 1.807) is 12.3 Å². The van der Waals surface area contributed by atoms with Gasteiger partial charge < -0.3 is 15.5 Å². The summed E-state index contributed by atoms with van der Waals surface area (Å²) in [4.78, 5) is 13.7. The summed E-state index contributed by atoms with van der Waals surface area (Å²) in [7, 11) is 0. The third-order valence-electron chi connectivity index (χ3n) is 5.73. The summed E-state index contributed by atoms with van der Waals surface area (Å²) in [6, 6.07) is 3.83. The van der Waals surface area contributed by atoms with Crippen LogP contribution >= 0.6 is 0 Å². The van der Waals surface area contributed by atoms with Gasteiger partial charge in [0, 0.05) is 37.9 Å². The predicted octanol–water partition coefficient (Wildman–Crippen LogP) is 2.47. The highest BCUT2D eigenvalue weighted by molar-refractivity contribution is 5.80. The Labute approximate surface area is 168 Å². The first-order valence-corrected chi connectivity index (χ1v) is 10.7. The van der Waals surface area contributed by atoms with Gasteiger partial charge in [0.1, 0.15) is 0 Å².